The van der Waals surface area contributed by atoms with Crippen molar-refractivity contribution >= 4 is 13.3 Å². The van der Waals surface area contributed by atoms with E-state index in [2.05, 4.69) is 54.1 Å². The highest BCUT2D eigenvalue weighted by molar-refractivity contribution is 6.88. The minimum atomic E-state index is -1.14. The van der Waals surface area contributed by atoms with Crippen molar-refractivity contribution in [1.82, 2.24) is 10.2 Å². The maximum Gasteiger partial charge on any atom is 0.0775 e. The summed E-state index contributed by atoms with van der Waals surface area (Å²) in [4.78, 5) is 2.59. The third-order valence-electron chi connectivity index (χ3n) is 4.20. The maximum atomic E-state index is 3.58. The molecule has 2 rings (SSSR count). The van der Waals surface area contributed by atoms with Gasteiger partial charge < -0.3 is 10.2 Å². The van der Waals surface area contributed by atoms with Crippen LogP contribution in [0.2, 0.25) is 19.6 Å². The third-order valence-corrected chi connectivity index (χ3v) is 6.27. The summed E-state index contributed by atoms with van der Waals surface area (Å²) in [5.41, 5.74) is 1.41. The molecule has 1 heterocycles. The van der Waals surface area contributed by atoms with E-state index in [0.717, 1.165) is 13.1 Å². The number of nitrogens with zero attached hydrogens (tertiary/aromatic N) is 1. The van der Waals surface area contributed by atoms with Crippen LogP contribution < -0.4 is 10.5 Å². The largest absolute Gasteiger partial charge is 0.311 e. The van der Waals surface area contributed by atoms with Crippen LogP contribution in [0, 0.1) is 0 Å². The molecule has 0 unspecified atom stereocenters. The van der Waals surface area contributed by atoms with Crippen LogP contribution in [0.3, 0.4) is 0 Å². The van der Waals surface area contributed by atoms with Crippen LogP contribution in [0.5, 0.6) is 0 Å². The number of hydrogen-bond donors (Lipinski definition) is 1. The number of benzene rings is 1. The highest BCUT2D eigenvalue weighted by Crippen LogP contribution is 2.07. The van der Waals surface area contributed by atoms with E-state index in [9.17, 15) is 0 Å². The van der Waals surface area contributed by atoms with E-state index in [-0.39, 0.29) is 0 Å². The molecule has 1 aromatic carbocycles. The lowest BCUT2D eigenvalue weighted by atomic mass is 10.1. The van der Waals surface area contributed by atoms with Gasteiger partial charge in [-0.1, -0.05) is 55.5 Å². The van der Waals surface area contributed by atoms with Gasteiger partial charge in [0.25, 0.3) is 0 Å². The van der Waals surface area contributed by atoms with Crippen molar-refractivity contribution in [3.8, 4) is 0 Å². The summed E-state index contributed by atoms with van der Waals surface area (Å²) < 4.78 is 0. The predicted octanol–water partition coefficient (Wildman–Crippen LogP) is 2.81. The van der Waals surface area contributed by atoms with Gasteiger partial charge in [0.2, 0.25) is 0 Å². The van der Waals surface area contributed by atoms with E-state index < -0.39 is 8.07 Å². The van der Waals surface area contributed by atoms with E-state index in [1.807, 2.05) is 0 Å². The Morgan fingerprint density at radius 1 is 1.00 bits per heavy atom. The Morgan fingerprint density at radius 2 is 1.65 bits per heavy atom. The second-order valence-electron chi connectivity index (χ2n) is 7.03. The number of piperidine rings is 1. The molecule has 0 atom stereocenters. The first kappa shape index (κ1) is 15.7. The zero-order valence-corrected chi connectivity index (χ0v) is 14.4. The average molecular weight is 291 g/mol. The molecule has 1 N–H and O–H groups in total. The van der Waals surface area contributed by atoms with Gasteiger partial charge in [-0.3, -0.25) is 0 Å². The van der Waals surface area contributed by atoms with Crippen molar-refractivity contribution in [3.05, 3.63) is 29.8 Å². The molecule has 0 spiro atoms. The van der Waals surface area contributed by atoms with Crippen molar-refractivity contribution in [2.45, 2.75) is 45.4 Å². The van der Waals surface area contributed by atoms with Gasteiger partial charge in [-0.05, 0) is 31.5 Å². The number of nitrogens with one attached hydrogen (secondary N) is 1. The summed E-state index contributed by atoms with van der Waals surface area (Å²) in [5, 5.41) is 5.13. The van der Waals surface area contributed by atoms with Crippen LogP contribution in [0.1, 0.15) is 24.8 Å². The molecule has 1 aliphatic heterocycles. The summed E-state index contributed by atoms with van der Waals surface area (Å²) >= 11 is 0. The Morgan fingerprint density at radius 3 is 2.25 bits per heavy atom. The van der Waals surface area contributed by atoms with Crippen LogP contribution >= 0.6 is 0 Å². The van der Waals surface area contributed by atoms with Crippen molar-refractivity contribution in [2.75, 3.05) is 26.2 Å². The highest BCUT2D eigenvalue weighted by Gasteiger charge is 2.15. The SMILES string of the molecule is C[Si](C)(C)c1ccc(CNCCN2CCCCC2)cc1. The number of hydrogen-bond acceptors (Lipinski definition) is 2. The molecule has 0 bridgehead atoms. The fourth-order valence-corrected chi connectivity index (χ4v) is 3.94. The van der Waals surface area contributed by atoms with Crippen LogP contribution in [-0.2, 0) is 6.54 Å². The fraction of sp³-hybridized carbons (Fsp3) is 0.647. The van der Waals surface area contributed by atoms with Crippen molar-refractivity contribution in [1.29, 1.82) is 0 Å². The van der Waals surface area contributed by atoms with Crippen LogP contribution in [0.15, 0.2) is 24.3 Å². The van der Waals surface area contributed by atoms with Crippen LogP contribution in [-0.4, -0.2) is 39.2 Å². The van der Waals surface area contributed by atoms with Crippen molar-refractivity contribution < 1.29 is 0 Å². The smallest absolute Gasteiger partial charge is 0.0775 e. The van der Waals surface area contributed by atoms with E-state index in [4.69, 9.17) is 0 Å². The maximum absolute atomic E-state index is 3.58. The minimum Gasteiger partial charge on any atom is -0.311 e. The van der Waals surface area contributed by atoms with E-state index in [1.54, 1.807) is 5.19 Å². The van der Waals surface area contributed by atoms with Gasteiger partial charge in [0, 0.05) is 19.6 Å². The number of likely N-dealkylation sites (tertiary alicyclic amines) is 1. The standard InChI is InChI=1S/C17H30N2Si/c1-20(2,3)17-9-7-16(8-10-17)15-18-11-14-19-12-5-4-6-13-19/h7-10,18H,4-6,11-15H2,1-3H3. The molecular weight excluding hydrogens is 260 g/mol. The molecule has 0 radical (unpaired) electrons. The molecule has 3 heteroatoms. The molecule has 0 amide bonds. The molecule has 20 heavy (non-hydrogen) atoms. The molecule has 1 aromatic rings. The van der Waals surface area contributed by atoms with E-state index in [1.165, 1.54) is 44.5 Å². The van der Waals surface area contributed by atoms with Crippen molar-refractivity contribution in [3.63, 3.8) is 0 Å². The Kier molecular flexibility index (Phi) is 5.82. The summed E-state index contributed by atoms with van der Waals surface area (Å²) in [7, 11) is -1.14. The Bertz CT molecular complexity index is 388. The quantitative estimate of drug-likeness (QED) is 0.640. The molecule has 1 aliphatic rings. The van der Waals surface area contributed by atoms with E-state index in [0.29, 0.717) is 0 Å². The summed E-state index contributed by atoms with van der Waals surface area (Å²) in [5.74, 6) is 0. The molecule has 112 valence electrons. The summed E-state index contributed by atoms with van der Waals surface area (Å²) in [6.07, 6.45) is 4.20. The molecule has 1 saturated heterocycles. The summed E-state index contributed by atoms with van der Waals surface area (Å²) in [6.45, 7) is 13.1. The lowest BCUT2D eigenvalue weighted by molar-refractivity contribution is 0.229. The van der Waals surface area contributed by atoms with Gasteiger partial charge in [0.1, 0.15) is 0 Å². The fourth-order valence-electron chi connectivity index (χ4n) is 2.78. The molecular formula is C17H30N2Si. The van der Waals surface area contributed by atoms with Gasteiger partial charge in [-0.25, -0.2) is 0 Å². The summed E-state index contributed by atoms with van der Waals surface area (Å²) in [6, 6.07) is 9.24. The second kappa shape index (κ2) is 7.39. The van der Waals surface area contributed by atoms with Crippen molar-refractivity contribution in [2.24, 2.45) is 0 Å². The monoisotopic (exact) mass is 290 g/mol. The lowest BCUT2D eigenvalue weighted by Crippen LogP contribution is -2.37. The minimum absolute atomic E-state index is 1.000. The van der Waals surface area contributed by atoms with Gasteiger partial charge in [-0.15, -0.1) is 0 Å². The van der Waals surface area contributed by atoms with E-state index >= 15 is 0 Å². The zero-order valence-electron chi connectivity index (χ0n) is 13.4. The third kappa shape index (κ3) is 5.04. The van der Waals surface area contributed by atoms with Gasteiger partial charge in [-0.2, -0.15) is 0 Å². The van der Waals surface area contributed by atoms with Gasteiger partial charge in [0.05, 0.1) is 8.07 Å². The van der Waals surface area contributed by atoms with Crippen LogP contribution in [0.4, 0.5) is 0 Å². The average Bonchev–Trinajstić information content (AvgIpc) is 2.44. The van der Waals surface area contributed by atoms with Gasteiger partial charge in [0.15, 0.2) is 0 Å². The molecule has 0 saturated carbocycles. The molecule has 0 aliphatic carbocycles. The second-order valence-corrected chi connectivity index (χ2v) is 12.1. The van der Waals surface area contributed by atoms with Gasteiger partial charge >= 0.3 is 0 Å². The molecule has 0 aromatic heterocycles. The highest BCUT2D eigenvalue weighted by atomic mass is 28.3. The molecule has 1 fully saturated rings. The first-order chi connectivity index (χ1) is 9.55. The topological polar surface area (TPSA) is 15.3 Å². The first-order valence-electron chi connectivity index (χ1n) is 8.08. The molecule has 2 nitrogen and oxygen atoms in total. The Hall–Kier alpha value is -0.643. The normalized spacial score (nSPS) is 17.4. The Balaban J connectivity index is 1.68. The number of rotatable bonds is 6. The lowest BCUT2D eigenvalue weighted by Gasteiger charge is -2.26. The first-order valence-corrected chi connectivity index (χ1v) is 11.6. The Labute approximate surface area is 125 Å². The van der Waals surface area contributed by atoms with Crippen LogP contribution in [0.25, 0.3) is 0 Å². The zero-order chi connectivity index (χ0) is 14.4. The predicted molar refractivity (Wildman–Crippen MR) is 91.4 cm³/mol.